The Labute approximate surface area is 112 Å². The summed E-state index contributed by atoms with van der Waals surface area (Å²) in [6.07, 6.45) is 1.20. The van der Waals surface area contributed by atoms with Crippen LogP contribution in [0.4, 0.5) is 0 Å². The third kappa shape index (κ3) is 2.08. The van der Waals surface area contributed by atoms with Crippen molar-refractivity contribution in [3.8, 4) is 0 Å². The van der Waals surface area contributed by atoms with Crippen molar-refractivity contribution < 1.29 is 0 Å². The van der Waals surface area contributed by atoms with Crippen molar-refractivity contribution in [2.45, 2.75) is 31.8 Å². The van der Waals surface area contributed by atoms with Gasteiger partial charge in [-0.2, -0.15) is 0 Å². The lowest BCUT2D eigenvalue weighted by atomic mass is 9.71. The molecule has 3 atom stereocenters. The van der Waals surface area contributed by atoms with Crippen molar-refractivity contribution in [3.63, 3.8) is 0 Å². The Morgan fingerprint density at radius 3 is 2.33 bits per heavy atom. The molecule has 1 heterocycles. The van der Waals surface area contributed by atoms with Gasteiger partial charge in [-0.05, 0) is 46.0 Å². The molecular formula is C16H26N2. The van der Waals surface area contributed by atoms with Crippen LogP contribution in [0, 0.1) is 5.92 Å². The lowest BCUT2D eigenvalue weighted by Gasteiger charge is -2.53. The molecular weight excluding hydrogens is 220 g/mol. The molecule has 0 bridgehead atoms. The van der Waals surface area contributed by atoms with Crippen molar-refractivity contribution in [2.75, 3.05) is 27.7 Å². The van der Waals surface area contributed by atoms with E-state index in [0.29, 0.717) is 12.0 Å². The van der Waals surface area contributed by atoms with Crippen LogP contribution < -0.4 is 0 Å². The number of nitrogens with zero attached hydrogens (tertiary/aromatic N) is 2. The quantitative estimate of drug-likeness (QED) is 0.792. The molecule has 2 heteroatoms. The predicted molar refractivity (Wildman–Crippen MR) is 77.7 cm³/mol. The molecule has 1 aliphatic heterocycles. The van der Waals surface area contributed by atoms with Crippen LogP contribution >= 0.6 is 0 Å². The molecule has 0 N–H and O–H groups in total. The topological polar surface area (TPSA) is 6.48 Å². The lowest BCUT2D eigenvalue weighted by molar-refractivity contribution is -0.0151. The highest BCUT2D eigenvalue weighted by Gasteiger charge is 2.45. The van der Waals surface area contributed by atoms with Crippen LogP contribution in [0.5, 0.6) is 0 Å². The van der Waals surface area contributed by atoms with E-state index < -0.39 is 0 Å². The van der Waals surface area contributed by atoms with Gasteiger partial charge in [0.2, 0.25) is 0 Å². The minimum absolute atomic E-state index is 0.174. The summed E-state index contributed by atoms with van der Waals surface area (Å²) in [5, 5.41) is 0. The van der Waals surface area contributed by atoms with E-state index in [0.717, 1.165) is 6.54 Å². The second-order valence-electron chi connectivity index (χ2n) is 6.08. The fraction of sp³-hybridized carbons (Fsp3) is 0.625. The molecule has 0 spiro atoms. The third-order valence-corrected chi connectivity index (χ3v) is 4.81. The molecule has 1 aromatic rings. The van der Waals surface area contributed by atoms with Gasteiger partial charge in [0.05, 0.1) is 5.54 Å². The highest BCUT2D eigenvalue weighted by atomic mass is 15.2. The van der Waals surface area contributed by atoms with Gasteiger partial charge in [0.1, 0.15) is 0 Å². The first kappa shape index (κ1) is 13.6. The van der Waals surface area contributed by atoms with Gasteiger partial charge in [0, 0.05) is 12.6 Å². The number of likely N-dealkylation sites (tertiary alicyclic amines) is 1. The molecule has 1 saturated heterocycles. The smallest absolute Gasteiger partial charge is 0.0507 e. The van der Waals surface area contributed by atoms with Crippen molar-refractivity contribution in [1.82, 2.24) is 9.80 Å². The molecule has 0 aliphatic carbocycles. The zero-order valence-electron chi connectivity index (χ0n) is 12.4. The average molecular weight is 246 g/mol. The summed E-state index contributed by atoms with van der Waals surface area (Å²) >= 11 is 0. The van der Waals surface area contributed by atoms with Gasteiger partial charge in [-0.15, -0.1) is 0 Å². The van der Waals surface area contributed by atoms with Gasteiger partial charge in [0.15, 0.2) is 0 Å². The summed E-state index contributed by atoms with van der Waals surface area (Å²) in [5.41, 5.74) is 1.63. The fourth-order valence-corrected chi connectivity index (χ4v) is 3.58. The standard InChI is InChI=1S/C16H26N2/c1-13-12-18(5)14(2)11-16(13,17(3)4)15-9-7-6-8-10-15/h6-10,13-14H,11-12H2,1-5H3/t13-,14-,16-/m0/s1. The van der Waals surface area contributed by atoms with Gasteiger partial charge >= 0.3 is 0 Å². The number of rotatable bonds is 2. The SMILES string of the molecule is C[C@H]1C[C@](c2ccccc2)(N(C)C)[C@@H](C)CN1C. The first-order chi connectivity index (χ1) is 8.48. The Kier molecular flexibility index (Phi) is 3.79. The van der Waals surface area contributed by atoms with Crippen molar-refractivity contribution >= 4 is 0 Å². The highest BCUT2D eigenvalue weighted by Crippen LogP contribution is 2.43. The zero-order valence-corrected chi connectivity index (χ0v) is 12.4. The maximum absolute atomic E-state index is 2.48. The highest BCUT2D eigenvalue weighted by molar-refractivity contribution is 5.27. The maximum atomic E-state index is 2.48. The summed E-state index contributed by atoms with van der Waals surface area (Å²) < 4.78 is 0. The Morgan fingerprint density at radius 1 is 1.17 bits per heavy atom. The van der Waals surface area contributed by atoms with Crippen molar-refractivity contribution in [3.05, 3.63) is 35.9 Å². The zero-order chi connectivity index (χ0) is 13.3. The molecule has 1 aliphatic rings. The van der Waals surface area contributed by atoms with Gasteiger partial charge in [0.25, 0.3) is 0 Å². The van der Waals surface area contributed by atoms with E-state index in [4.69, 9.17) is 0 Å². The van der Waals surface area contributed by atoms with Gasteiger partial charge < -0.3 is 4.90 Å². The van der Waals surface area contributed by atoms with Crippen LogP contribution in [0.15, 0.2) is 30.3 Å². The molecule has 1 fully saturated rings. The third-order valence-electron chi connectivity index (χ3n) is 4.81. The van der Waals surface area contributed by atoms with E-state index in [-0.39, 0.29) is 5.54 Å². The van der Waals surface area contributed by atoms with Gasteiger partial charge in [-0.1, -0.05) is 37.3 Å². The Balaban J connectivity index is 2.44. The molecule has 0 unspecified atom stereocenters. The summed E-state index contributed by atoms with van der Waals surface area (Å²) in [5.74, 6) is 0.635. The first-order valence-corrected chi connectivity index (χ1v) is 6.91. The number of hydrogen-bond donors (Lipinski definition) is 0. The minimum Gasteiger partial charge on any atom is -0.303 e. The second-order valence-corrected chi connectivity index (χ2v) is 6.08. The number of hydrogen-bond acceptors (Lipinski definition) is 2. The molecule has 0 radical (unpaired) electrons. The van der Waals surface area contributed by atoms with E-state index in [9.17, 15) is 0 Å². The minimum atomic E-state index is 0.174. The van der Waals surface area contributed by atoms with E-state index in [1.54, 1.807) is 0 Å². The number of benzene rings is 1. The van der Waals surface area contributed by atoms with Crippen molar-refractivity contribution in [2.24, 2.45) is 5.92 Å². The molecule has 2 nitrogen and oxygen atoms in total. The molecule has 0 aromatic heterocycles. The summed E-state index contributed by atoms with van der Waals surface area (Å²) in [4.78, 5) is 4.91. The van der Waals surface area contributed by atoms with Gasteiger partial charge in [-0.25, -0.2) is 0 Å². The molecule has 18 heavy (non-hydrogen) atoms. The molecule has 100 valence electrons. The first-order valence-electron chi connectivity index (χ1n) is 6.91. The van der Waals surface area contributed by atoms with Crippen LogP contribution in [0.1, 0.15) is 25.8 Å². The van der Waals surface area contributed by atoms with E-state index in [1.165, 1.54) is 12.0 Å². The second kappa shape index (κ2) is 5.02. The van der Waals surface area contributed by atoms with Crippen LogP contribution in [-0.4, -0.2) is 43.5 Å². The molecule has 0 amide bonds. The van der Waals surface area contributed by atoms with Crippen LogP contribution in [0.25, 0.3) is 0 Å². The maximum Gasteiger partial charge on any atom is 0.0507 e. The van der Waals surface area contributed by atoms with Crippen molar-refractivity contribution in [1.29, 1.82) is 0 Å². The lowest BCUT2D eigenvalue weighted by Crippen LogP contribution is -2.57. The summed E-state index contributed by atoms with van der Waals surface area (Å²) in [7, 11) is 6.69. The van der Waals surface area contributed by atoms with E-state index in [2.05, 4.69) is 75.1 Å². The average Bonchev–Trinajstić information content (AvgIpc) is 2.34. The summed E-state index contributed by atoms with van der Waals surface area (Å²) in [6.45, 7) is 5.89. The fourth-order valence-electron chi connectivity index (χ4n) is 3.58. The van der Waals surface area contributed by atoms with Crippen LogP contribution in [-0.2, 0) is 5.54 Å². The molecule has 0 saturated carbocycles. The molecule has 2 rings (SSSR count). The Morgan fingerprint density at radius 2 is 1.78 bits per heavy atom. The Hall–Kier alpha value is -0.860. The monoisotopic (exact) mass is 246 g/mol. The van der Waals surface area contributed by atoms with E-state index >= 15 is 0 Å². The largest absolute Gasteiger partial charge is 0.303 e. The normalized spacial score (nSPS) is 33.9. The van der Waals surface area contributed by atoms with Crippen LogP contribution in [0.2, 0.25) is 0 Å². The predicted octanol–water partition coefficient (Wildman–Crippen LogP) is 2.80. The van der Waals surface area contributed by atoms with Gasteiger partial charge in [-0.3, -0.25) is 4.90 Å². The van der Waals surface area contributed by atoms with E-state index in [1.807, 2.05) is 0 Å². The molecule has 1 aromatic carbocycles. The van der Waals surface area contributed by atoms with Crippen LogP contribution in [0.3, 0.4) is 0 Å². The Bertz CT molecular complexity index is 387. The summed E-state index contributed by atoms with van der Waals surface area (Å²) in [6, 6.07) is 11.6. The number of piperidine rings is 1.